The van der Waals surface area contributed by atoms with Crippen LogP contribution < -0.4 is 15.0 Å². The second kappa shape index (κ2) is 5.62. The predicted molar refractivity (Wildman–Crippen MR) is 79.3 cm³/mol. The number of rotatable bonds is 4. The third-order valence-corrected chi connectivity index (χ3v) is 3.76. The summed E-state index contributed by atoms with van der Waals surface area (Å²) in [5, 5.41) is 0. The summed E-state index contributed by atoms with van der Waals surface area (Å²) in [6.07, 6.45) is 1.000. The van der Waals surface area contributed by atoms with Gasteiger partial charge in [-0.05, 0) is 24.0 Å². The number of hydrogen-bond acceptors (Lipinski definition) is 4. The van der Waals surface area contributed by atoms with Crippen LogP contribution in [0.3, 0.4) is 0 Å². The maximum Gasteiger partial charge on any atom is 0.128 e. The first-order valence-electron chi connectivity index (χ1n) is 7.10. The van der Waals surface area contributed by atoms with E-state index in [0.717, 1.165) is 23.5 Å². The molecule has 4 heteroatoms. The van der Waals surface area contributed by atoms with E-state index in [-0.39, 0.29) is 17.6 Å². The van der Waals surface area contributed by atoms with Crippen LogP contribution in [0.1, 0.15) is 51.3 Å². The molecule has 1 aliphatic heterocycles. The van der Waals surface area contributed by atoms with E-state index in [9.17, 15) is 0 Å². The van der Waals surface area contributed by atoms with Gasteiger partial charge in [-0.2, -0.15) is 5.48 Å². The zero-order chi connectivity index (χ0) is 14.9. The molecule has 0 aromatic heterocycles. The van der Waals surface area contributed by atoms with E-state index in [1.54, 1.807) is 14.2 Å². The van der Waals surface area contributed by atoms with Gasteiger partial charge in [-0.15, -0.1) is 0 Å². The third-order valence-electron chi connectivity index (χ3n) is 3.76. The topological polar surface area (TPSA) is 39.7 Å². The van der Waals surface area contributed by atoms with E-state index in [1.165, 1.54) is 5.56 Å². The van der Waals surface area contributed by atoms with Gasteiger partial charge in [-0.3, -0.25) is 0 Å². The Bertz CT molecular complexity index is 479. The highest BCUT2D eigenvalue weighted by Crippen LogP contribution is 2.46. The van der Waals surface area contributed by atoms with Crippen molar-refractivity contribution >= 4 is 0 Å². The average molecular weight is 279 g/mol. The molecule has 0 spiro atoms. The largest absolute Gasteiger partial charge is 0.497 e. The Kier molecular flexibility index (Phi) is 4.25. The van der Waals surface area contributed by atoms with E-state index in [0.29, 0.717) is 0 Å². The number of hydroxylamine groups is 1. The molecule has 0 saturated carbocycles. The molecule has 2 atom stereocenters. The molecule has 0 radical (unpaired) electrons. The Balaban J connectivity index is 2.55. The highest BCUT2D eigenvalue weighted by atomic mass is 16.6. The van der Waals surface area contributed by atoms with Crippen molar-refractivity contribution in [2.75, 3.05) is 14.2 Å². The fourth-order valence-electron chi connectivity index (χ4n) is 2.67. The zero-order valence-corrected chi connectivity index (χ0v) is 13.2. The molecular formula is C16H25NO3. The first-order chi connectivity index (χ1) is 9.42. The number of methoxy groups -OCH3 is 1. The van der Waals surface area contributed by atoms with Crippen LogP contribution in [0.2, 0.25) is 0 Å². The van der Waals surface area contributed by atoms with Crippen molar-refractivity contribution in [2.45, 2.75) is 51.7 Å². The van der Waals surface area contributed by atoms with Gasteiger partial charge >= 0.3 is 0 Å². The molecule has 1 heterocycles. The standard InChI is InChI=1S/C16H25NO3/c1-7-13-14(17-19-6)11-8-10(18-5)9-12(15(11)20-13)16(2,3)4/h8-9,13-14,17H,7H2,1-6H3. The maximum atomic E-state index is 6.18. The van der Waals surface area contributed by atoms with Gasteiger partial charge in [0.05, 0.1) is 20.3 Å². The van der Waals surface area contributed by atoms with Crippen LogP contribution in [0.4, 0.5) is 0 Å². The Morgan fingerprint density at radius 1 is 1.25 bits per heavy atom. The van der Waals surface area contributed by atoms with Crippen molar-refractivity contribution in [1.82, 2.24) is 5.48 Å². The lowest BCUT2D eigenvalue weighted by Gasteiger charge is -2.23. The van der Waals surface area contributed by atoms with Crippen LogP contribution in [-0.4, -0.2) is 20.3 Å². The summed E-state index contributed by atoms with van der Waals surface area (Å²) in [4.78, 5) is 5.14. The van der Waals surface area contributed by atoms with Gasteiger partial charge in [0.15, 0.2) is 0 Å². The quantitative estimate of drug-likeness (QED) is 0.858. The molecule has 4 nitrogen and oxygen atoms in total. The van der Waals surface area contributed by atoms with E-state index in [4.69, 9.17) is 14.3 Å². The smallest absolute Gasteiger partial charge is 0.128 e. The number of nitrogens with one attached hydrogen (secondary N) is 1. The molecule has 1 aromatic carbocycles. The molecule has 0 amide bonds. The third kappa shape index (κ3) is 2.63. The lowest BCUT2D eigenvalue weighted by molar-refractivity contribution is 0.0281. The van der Waals surface area contributed by atoms with E-state index in [1.807, 2.05) is 6.07 Å². The van der Waals surface area contributed by atoms with Crippen LogP contribution >= 0.6 is 0 Å². The summed E-state index contributed by atoms with van der Waals surface area (Å²) >= 11 is 0. The van der Waals surface area contributed by atoms with Crippen LogP contribution in [-0.2, 0) is 10.3 Å². The van der Waals surface area contributed by atoms with Crippen molar-refractivity contribution in [3.8, 4) is 11.5 Å². The first kappa shape index (κ1) is 15.1. The molecule has 0 aliphatic carbocycles. The van der Waals surface area contributed by atoms with E-state index < -0.39 is 0 Å². The monoisotopic (exact) mass is 279 g/mol. The molecule has 2 rings (SSSR count). The Labute approximate surface area is 121 Å². The molecule has 1 N–H and O–H groups in total. The molecule has 112 valence electrons. The molecule has 1 aromatic rings. The number of fused-ring (bicyclic) bond motifs is 1. The summed E-state index contributed by atoms with van der Waals surface area (Å²) in [6.45, 7) is 8.67. The van der Waals surface area contributed by atoms with E-state index in [2.05, 4.69) is 39.2 Å². The van der Waals surface area contributed by atoms with Crippen LogP contribution in [0, 0.1) is 0 Å². The number of hydrogen-bond donors (Lipinski definition) is 1. The lowest BCUT2D eigenvalue weighted by atomic mass is 9.84. The van der Waals surface area contributed by atoms with Crippen molar-refractivity contribution in [3.63, 3.8) is 0 Å². The normalized spacial score (nSPS) is 21.5. The summed E-state index contributed by atoms with van der Waals surface area (Å²) in [5.74, 6) is 1.83. The second-order valence-corrected chi connectivity index (χ2v) is 6.21. The molecule has 20 heavy (non-hydrogen) atoms. The van der Waals surface area contributed by atoms with Crippen LogP contribution in [0.15, 0.2) is 12.1 Å². The minimum Gasteiger partial charge on any atom is -0.497 e. The first-order valence-corrected chi connectivity index (χ1v) is 7.10. The fourth-order valence-corrected chi connectivity index (χ4v) is 2.67. The number of ether oxygens (including phenoxy) is 2. The van der Waals surface area contributed by atoms with Crippen LogP contribution in [0.5, 0.6) is 11.5 Å². The predicted octanol–water partition coefficient (Wildman–Crippen LogP) is 3.36. The van der Waals surface area contributed by atoms with Gasteiger partial charge in [0.2, 0.25) is 0 Å². The SMILES string of the molecule is CCC1Oc2c(cc(OC)cc2C(C)(C)C)C1NOC. The van der Waals surface area contributed by atoms with E-state index >= 15 is 0 Å². The highest BCUT2D eigenvalue weighted by molar-refractivity contribution is 5.54. The Morgan fingerprint density at radius 3 is 2.45 bits per heavy atom. The Morgan fingerprint density at radius 2 is 1.95 bits per heavy atom. The van der Waals surface area contributed by atoms with Gasteiger partial charge in [-0.1, -0.05) is 27.7 Å². The van der Waals surface area contributed by atoms with Gasteiger partial charge in [0.25, 0.3) is 0 Å². The summed E-state index contributed by atoms with van der Waals surface area (Å²) in [6, 6.07) is 4.15. The van der Waals surface area contributed by atoms with Crippen molar-refractivity contribution < 1.29 is 14.3 Å². The van der Waals surface area contributed by atoms with Crippen molar-refractivity contribution in [1.29, 1.82) is 0 Å². The van der Waals surface area contributed by atoms with Gasteiger partial charge in [0.1, 0.15) is 17.6 Å². The molecule has 0 bridgehead atoms. The summed E-state index contributed by atoms with van der Waals surface area (Å²) < 4.78 is 11.6. The Hall–Kier alpha value is -1.26. The minimum absolute atomic E-state index is 0.00111. The fraction of sp³-hybridized carbons (Fsp3) is 0.625. The zero-order valence-electron chi connectivity index (χ0n) is 13.2. The highest BCUT2D eigenvalue weighted by Gasteiger charge is 2.37. The van der Waals surface area contributed by atoms with Gasteiger partial charge < -0.3 is 14.3 Å². The lowest BCUT2D eigenvalue weighted by Crippen LogP contribution is -2.29. The molecular weight excluding hydrogens is 254 g/mol. The minimum atomic E-state index is -0.00111. The summed E-state index contributed by atoms with van der Waals surface area (Å²) in [7, 11) is 3.33. The van der Waals surface area contributed by atoms with Crippen molar-refractivity contribution in [3.05, 3.63) is 23.3 Å². The summed E-state index contributed by atoms with van der Waals surface area (Å²) in [5.41, 5.74) is 5.34. The number of benzene rings is 1. The maximum absolute atomic E-state index is 6.18. The molecule has 0 fully saturated rings. The van der Waals surface area contributed by atoms with Crippen molar-refractivity contribution in [2.24, 2.45) is 0 Å². The molecule has 1 aliphatic rings. The molecule has 0 saturated heterocycles. The van der Waals surface area contributed by atoms with Gasteiger partial charge in [-0.25, -0.2) is 0 Å². The average Bonchev–Trinajstić information content (AvgIpc) is 2.75. The van der Waals surface area contributed by atoms with Gasteiger partial charge in [0, 0.05) is 11.1 Å². The second-order valence-electron chi connectivity index (χ2n) is 6.21. The van der Waals surface area contributed by atoms with Crippen LogP contribution in [0.25, 0.3) is 0 Å². The molecule has 2 unspecified atom stereocenters.